The average Bonchev–Trinajstić information content (AvgIpc) is 2.36. The third-order valence-electron chi connectivity index (χ3n) is 2.54. The van der Waals surface area contributed by atoms with E-state index in [9.17, 15) is 0 Å². The van der Waals surface area contributed by atoms with E-state index in [4.69, 9.17) is 4.74 Å². The normalized spacial score (nSPS) is 11.6. The first-order valence-corrected chi connectivity index (χ1v) is 6.56. The van der Waals surface area contributed by atoms with Crippen LogP contribution in [0.5, 0.6) is 0 Å². The van der Waals surface area contributed by atoms with E-state index in [-0.39, 0.29) is 0 Å². The maximum atomic E-state index is 5.55. The second-order valence-corrected chi connectivity index (χ2v) is 4.72. The third-order valence-corrected chi connectivity index (χ3v) is 2.54. The molecule has 0 aliphatic carbocycles. The third kappa shape index (κ3) is 5.94. The quantitative estimate of drug-likeness (QED) is 0.567. The summed E-state index contributed by atoms with van der Waals surface area (Å²) in [5.41, 5.74) is 2.25. The minimum atomic E-state index is 0.573. The number of hydrogen-bond donors (Lipinski definition) is 1. The number of nitrogens with one attached hydrogen (secondary N) is 1. The first-order chi connectivity index (χ1) is 8.74. The molecule has 1 aromatic heterocycles. The van der Waals surface area contributed by atoms with Crippen LogP contribution in [0, 0.1) is 5.92 Å². The van der Waals surface area contributed by atoms with Gasteiger partial charge in [-0.15, -0.1) is 0 Å². The molecule has 0 saturated heterocycles. The van der Waals surface area contributed by atoms with E-state index >= 15 is 0 Å². The monoisotopic (exact) mass is 248 g/mol. The van der Waals surface area contributed by atoms with Crippen molar-refractivity contribution in [3.63, 3.8) is 0 Å². The number of ether oxygens (including phenoxy) is 1. The number of rotatable bonds is 8. The Morgan fingerprint density at radius 1 is 1.44 bits per heavy atom. The van der Waals surface area contributed by atoms with Crippen LogP contribution in [0.1, 0.15) is 32.0 Å². The summed E-state index contributed by atoms with van der Waals surface area (Å²) >= 11 is 0. The second-order valence-electron chi connectivity index (χ2n) is 4.72. The lowest BCUT2D eigenvalue weighted by Gasteiger charge is -2.11. The Hall–Kier alpha value is -1.19. The van der Waals surface area contributed by atoms with Gasteiger partial charge < -0.3 is 10.1 Å². The van der Waals surface area contributed by atoms with Crippen molar-refractivity contribution in [1.29, 1.82) is 0 Å². The molecular formula is C15H24N2O. The van der Waals surface area contributed by atoms with Gasteiger partial charge in [-0.25, -0.2) is 0 Å². The van der Waals surface area contributed by atoms with Gasteiger partial charge in [0, 0.05) is 12.7 Å². The Kier molecular flexibility index (Phi) is 7.30. The van der Waals surface area contributed by atoms with Gasteiger partial charge in [0.05, 0.1) is 18.9 Å². The lowest BCUT2D eigenvalue weighted by Crippen LogP contribution is -2.20. The average molecular weight is 248 g/mol. The molecule has 0 spiro atoms. The maximum absolute atomic E-state index is 5.55. The number of allylic oxidation sites excluding steroid dienone is 1. The van der Waals surface area contributed by atoms with E-state index in [0.717, 1.165) is 18.8 Å². The summed E-state index contributed by atoms with van der Waals surface area (Å²) in [7, 11) is 0. The van der Waals surface area contributed by atoms with Crippen LogP contribution in [0.3, 0.4) is 0 Å². The molecule has 1 heterocycles. The van der Waals surface area contributed by atoms with Crippen molar-refractivity contribution in [2.45, 2.75) is 33.9 Å². The van der Waals surface area contributed by atoms with Gasteiger partial charge in [-0.05, 0) is 31.0 Å². The van der Waals surface area contributed by atoms with Crippen molar-refractivity contribution in [2.75, 3.05) is 13.2 Å². The Morgan fingerprint density at radius 3 is 3.00 bits per heavy atom. The zero-order valence-electron chi connectivity index (χ0n) is 11.6. The summed E-state index contributed by atoms with van der Waals surface area (Å²) in [5.74, 6) is 0.663. The molecule has 3 heteroatoms. The van der Waals surface area contributed by atoms with Crippen molar-refractivity contribution in [3.05, 3.63) is 41.7 Å². The topological polar surface area (TPSA) is 34.1 Å². The molecule has 1 rings (SSSR count). The summed E-state index contributed by atoms with van der Waals surface area (Å²) in [6, 6.07) is 4.08. The van der Waals surface area contributed by atoms with E-state index in [1.54, 1.807) is 0 Å². The van der Waals surface area contributed by atoms with Crippen molar-refractivity contribution in [1.82, 2.24) is 10.3 Å². The number of hydrogen-bond acceptors (Lipinski definition) is 3. The molecule has 3 nitrogen and oxygen atoms in total. The second kappa shape index (κ2) is 8.84. The largest absolute Gasteiger partial charge is 0.371 e. The van der Waals surface area contributed by atoms with Gasteiger partial charge in [0.15, 0.2) is 0 Å². The molecule has 1 aromatic rings. The van der Waals surface area contributed by atoms with Crippen LogP contribution in [-0.2, 0) is 17.9 Å². The standard InChI is InChI=1S/C15H24N2O/c1-4-5-9-18-12-15-14(7-6-8-17-15)11-16-10-13(2)3/h4-8,13,16H,9-12H2,1-3H3/b5-4+. The Morgan fingerprint density at radius 2 is 2.28 bits per heavy atom. The molecule has 0 bridgehead atoms. The van der Waals surface area contributed by atoms with Gasteiger partial charge in [0.1, 0.15) is 0 Å². The fourth-order valence-corrected chi connectivity index (χ4v) is 1.58. The molecule has 18 heavy (non-hydrogen) atoms. The van der Waals surface area contributed by atoms with E-state index in [1.807, 2.05) is 31.3 Å². The summed E-state index contributed by atoms with van der Waals surface area (Å²) in [4.78, 5) is 4.39. The highest BCUT2D eigenvalue weighted by Crippen LogP contribution is 2.07. The highest BCUT2D eigenvalue weighted by Gasteiger charge is 2.03. The van der Waals surface area contributed by atoms with Crippen LogP contribution in [0.4, 0.5) is 0 Å². The van der Waals surface area contributed by atoms with Gasteiger partial charge in [-0.1, -0.05) is 32.1 Å². The highest BCUT2D eigenvalue weighted by atomic mass is 16.5. The van der Waals surface area contributed by atoms with Gasteiger partial charge in [0.25, 0.3) is 0 Å². The fourth-order valence-electron chi connectivity index (χ4n) is 1.58. The molecule has 0 aliphatic rings. The van der Waals surface area contributed by atoms with Gasteiger partial charge in [0.2, 0.25) is 0 Å². The predicted molar refractivity (Wildman–Crippen MR) is 75.3 cm³/mol. The first kappa shape index (κ1) is 14.9. The summed E-state index contributed by atoms with van der Waals surface area (Å²) in [6.07, 6.45) is 5.81. The maximum Gasteiger partial charge on any atom is 0.0895 e. The van der Waals surface area contributed by atoms with E-state index in [2.05, 4.69) is 30.2 Å². The van der Waals surface area contributed by atoms with Gasteiger partial charge >= 0.3 is 0 Å². The van der Waals surface area contributed by atoms with Crippen LogP contribution in [0.15, 0.2) is 30.5 Å². The van der Waals surface area contributed by atoms with Gasteiger partial charge in [-0.2, -0.15) is 0 Å². The van der Waals surface area contributed by atoms with Crippen molar-refractivity contribution >= 4 is 0 Å². The van der Waals surface area contributed by atoms with Crippen molar-refractivity contribution in [2.24, 2.45) is 5.92 Å². The fraction of sp³-hybridized carbons (Fsp3) is 0.533. The van der Waals surface area contributed by atoms with Crippen LogP contribution in [0.2, 0.25) is 0 Å². The molecule has 0 atom stereocenters. The molecule has 0 fully saturated rings. The number of nitrogens with zero attached hydrogens (tertiary/aromatic N) is 1. The molecule has 0 saturated carbocycles. The minimum Gasteiger partial charge on any atom is -0.371 e. The van der Waals surface area contributed by atoms with Crippen LogP contribution >= 0.6 is 0 Å². The zero-order valence-corrected chi connectivity index (χ0v) is 11.6. The van der Waals surface area contributed by atoms with E-state index in [1.165, 1.54) is 5.56 Å². The zero-order chi connectivity index (χ0) is 13.2. The summed E-state index contributed by atoms with van der Waals surface area (Å²) in [6.45, 7) is 9.50. The van der Waals surface area contributed by atoms with Crippen LogP contribution in [-0.4, -0.2) is 18.1 Å². The Balaban J connectivity index is 2.45. The molecule has 0 aliphatic heterocycles. The predicted octanol–water partition coefficient (Wildman–Crippen LogP) is 2.92. The molecule has 0 amide bonds. The first-order valence-electron chi connectivity index (χ1n) is 6.56. The lowest BCUT2D eigenvalue weighted by molar-refractivity contribution is 0.145. The van der Waals surface area contributed by atoms with E-state index < -0.39 is 0 Å². The number of pyridine rings is 1. The smallest absolute Gasteiger partial charge is 0.0895 e. The molecule has 100 valence electrons. The molecule has 0 radical (unpaired) electrons. The van der Waals surface area contributed by atoms with Crippen molar-refractivity contribution in [3.8, 4) is 0 Å². The number of aromatic nitrogens is 1. The highest BCUT2D eigenvalue weighted by molar-refractivity contribution is 5.18. The van der Waals surface area contributed by atoms with Crippen LogP contribution < -0.4 is 5.32 Å². The van der Waals surface area contributed by atoms with Crippen molar-refractivity contribution < 1.29 is 4.74 Å². The minimum absolute atomic E-state index is 0.573. The van der Waals surface area contributed by atoms with Crippen LogP contribution in [0.25, 0.3) is 0 Å². The van der Waals surface area contributed by atoms with E-state index in [0.29, 0.717) is 19.1 Å². The Bertz CT molecular complexity index is 361. The Labute approximate surface area is 110 Å². The van der Waals surface area contributed by atoms with Gasteiger partial charge in [-0.3, -0.25) is 4.98 Å². The molecule has 0 unspecified atom stereocenters. The summed E-state index contributed by atoms with van der Waals surface area (Å²) in [5, 5.41) is 3.43. The SMILES string of the molecule is C/C=C/COCc1ncccc1CNCC(C)C. The summed E-state index contributed by atoms with van der Waals surface area (Å²) < 4.78 is 5.55. The molecule has 0 aromatic carbocycles. The molecule has 1 N–H and O–H groups in total. The lowest BCUT2D eigenvalue weighted by atomic mass is 10.2. The molecular weight excluding hydrogens is 224 g/mol.